The summed E-state index contributed by atoms with van der Waals surface area (Å²) < 4.78 is 0. The van der Waals surface area contributed by atoms with Crippen LogP contribution in [0, 0.1) is 0 Å². The molecule has 0 saturated carbocycles. The molecule has 0 radical (unpaired) electrons. The van der Waals surface area contributed by atoms with E-state index in [1.807, 2.05) is 54.6 Å². The molecule has 4 nitrogen and oxygen atoms in total. The van der Waals surface area contributed by atoms with Crippen LogP contribution < -0.4 is 10.2 Å². The van der Waals surface area contributed by atoms with Crippen molar-refractivity contribution >= 4 is 29.1 Å². The lowest BCUT2D eigenvalue weighted by Crippen LogP contribution is -2.28. The van der Waals surface area contributed by atoms with Gasteiger partial charge in [0.25, 0.3) is 11.8 Å². The van der Waals surface area contributed by atoms with E-state index in [0.717, 1.165) is 11.3 Å². The number of anilines is 1. The van der Waals surface area contributed by atoms with Gasteiger partial charge in [-0.15, -0.1) is 0 Å². The van der Waals surface area contributed by atoms with E-state index < -0.39 is 0 Å². The second-order valence-corrected chi connectivity index (χ2v) is 6.85. The number of para-hydroxylation sites is 1. The van der Waals surface area contributed by atoms with Crippen LogP contribution in [0.4, 0.5) is 5.69 Å². The summed E-state index contributed by atoms with van der Waals surface area (Å²) in [5.41, 5.74) is 2.82. The summed E-state index contributed by atoms with van der Waals surface area (Å²) in [6.45, 7) is 0.503. The summed E-state index contributed by atoms with van der Waals surface area (Å²) in [5.74, 6) is -0.368. The fraction of sp³-hybridized carbons (Fsp3) is 0.130. The monoisotopic (exact) mass is 392 g/mol. The molecule has 0 saturated heterocycles. The molecular formula is C23H21ClN2O2. The number of nitrogens with zero attached hydrogens (tertiary/aromatic N) is 1. The summed E-state index contributed by atoms with van der Waals surface area (Å²) in [4.78, 5) is 26.7. The molecule has 28 heavy (non-hydrogen) atoms. The zero-order valence-corrected chi connectivity index (χ0v) is 16.3. The van der Waals surface area contributed by atoms with Crippen molar-refractivity contribution in [3.05, 3.63) is 101 Å². The smallest absolute Gasteiger partial charge is 0.258 e. The summed E-state index contributed by atoms with van der Waals surface area (Å²) >= 11 is 5.88. The third-order valence-electron chi connectivity index (χ3n) is 4.43. The Balaban J connectivity index is 1.62. The molecule has 0 aromatic heterocycles. The molecule has 142 valence electrons. The Labute approximate surface area is 169 Å². The first-order valence-corrected chi connectivity index (χ1v) is 9.38. The third kappa shape index (κ3) is 4.99. The molecular weight excluding hydrogens is 372 g/mol. The molecule has 0 unspecified atom stereocenters. The fourth-order valence-electron chi connectivity index (χ4n) is 2.83. The first-order valence-electron chi connectivity index (χ1n) is 9.00. The molecule has 0 atom stereocenters. The molecule has 3 rings (SSSR count). The minimum atomic E-state index is -0.203. The second kappa shape index (κ2) is 9.20. The Morgan fingerprint density at radius 1 is 0.893 bits per heavy atom. The summed E-state index contributed by atoms with van der Waals surface area (Å²) in [7, 11) is 1.72. The first-order chi connectivity index (χ1) is 13.5. The van der Waals surface area contributed by atoms with Gasteiger partial charge >= 0.3 is 0 Å². The van der Waals surface area contributed by atoms with Crippen molar-refractivity contribution in [1.82, 2.24) is 5.32 Å². The number of amides is 2. The van der Waals surface area contributed by atoms with Crippen molar-refractivity contribution in [3.8, 4) is 0 Å². The number of rotatable bonds is 6. The summed E-state index contributed by atoms with van der Waals surface area (Å²) in [6.07, 6.45) is 0.707. The zero-order chi connectivity index (χ0) is 19.9. The van der Waals surface area contributed by atoms with Gasteiger partial charge in [0, 0.05) is 35.4 Å². The van der Waals surface area contributed by atoms with Crippen LogP contribution in [0.5, 0.6) is 0 Å². The highest BCUT2D eigenvalue weighted by Gasteiger charge is 2.15. The predicted molar refractivity (Wildman–Crippen MR) is 113 cm³/mol. The van der Waals surface area contributed by atoms with Crippen LogP contribution in [0.2, 0.25) is 5.02 Å². The minimum Gasteiger partial charge on any atom is -0.352 e. The molecule has 1 N–H and O–H groups in total. The SMILES string of the molecule is CN(C(=O)c1cccc(C(=O)NCCc2ccc(Cl)cc2)c1)c1ccccc1. The molecule has 0 spiro atoms. The lowest BCUT2D eigenvalue weighted by Gasteiger charge is -2.17. The van der Waals surface area contributed by atoms with Gasteiger partial charge in [0.1, 0.15) is 0 Å². The molecule has 5 heteroatoms. The van der Waals surface area contributed by atoms with Gasteiger partial charge in [-0.25, -0.2) is 0 Å². The average Bonchev–Trinajstić information content (AvgIpc) is 2.74. The summed E-state index contributed by atoms with van der Waals surface area (Å²) in [6, 6.07) is 23.7. The Morgan fingerprint density at radius 3 is 2.29 bits per heavy atom. The van der Waals surface area contributed by atoms with E-state index in [-0.39, 0.29) is 11.8 Å². The number of hydrogen-bond donors (Lipinski definition) is 1. The highest BCUT2D eigenvalue weighted by Crippen LogP contribution is 2.16. The van der Waals surface area contributed by atoms with Gasteiger partial charge in [-0.1, -0.05) is 48.0 Å². The number of nitrogens with one attached hydrogen (secondary N) is 1. The van der Waals surface area contributed by atoms with Gasteiger partial charge in [-0.3, -0.25) is 9.59 Å². The fourth-order valence-corrected chi connectivity index (χ4v) is 2.96. The highest BCUT2D eigenvalue weighted by atomic mass is 35.5. The van der Waals surface area contributed by atoms with Gasteiger partial charge in [0.05, 0.1) is 0 Å². The van der Waals surface area contributed by atoms with E-state index in [9.17, 15) is 9.59 Å². The lowest BCUT2D eigenvalue weighted by atomic mass is 10.1. The normalized spacial score (nSPS) is 10.4. The second-order valence-electron chi connectivity index (χ2n) is 6.41. The third-order valence-corrected chi connectivity index (χ3v) is 4.68. The largest absolute Gasteiger partial charge is 0.352 e. The van der Waals surface area contributed by atoms with Crippen LogP contribution in [-0.2, 0) is 6.42 Å². The number of carbonyl (C=O) groups is 2. The van der Waals surface area contributed by atoms with Crippen LogP contribution in [0.1, 0.15) is 26.3 Å². The van der Waals surface area contributed by atoms with Gasteiger partial charge in [0.15, 0.2) is 0 Å². The zero-order valence-electron chi connectivity index (χ0n) is 15.6. The Morgan fingerprint density at radius 2 is 1.57 bits per heavy atom. The Kier molecular flexibility index (Phi) is 6.45. The van der Waals surface area contributed by atoms with Crippen molar-refractivity contribution in [2.75, 3.05) is 18.5 Å². The topological polar surface area (TPSA) is 49.4 Å². The van der Waals surface area contributed by atoms with Crippen molar-refractivity contribution in [2.24, 2.45) is 0 Å². The number of benzene rings is 3. The van der Waals surface area contributed by atoms with Crippen molar-refractivity contribution in [3.63, 3.8) is 0 Å². The summed E-state index contributed by atoms with van der Waals surface area (Å²) in [5, 5.41) is 3.58. The Bertz CT molecular complexity index is 956. The molecule has 0 fully saturated rings. The van der Waals surface area contributed by atoms with E-state index in [0.29, 0.717) is 29.1 Å². The van der Waals surface area contributed by atoms with Crippen LogP contribution in [0.3, 0.4) is 0 Å². The highest BCUT2D eigenvalue weighted by molar-refractivity contribution is 6.30. The van der Waals surface area contributed by atoms with E-state index in [2.05, 4.69) is 5.32 Å². The Hall–Kier alpha value is -3.11. The maximum atomic E-state index is 12.7. The maximum absolute atomic E-state index is 12.7. The van der Waals surface area contributed by atoms with Crippen LogP contribution in [0.15, 0.2) is 78.9 Å². The van der Waals surface area contributed by atoms with Crippen molar-refractivity contribution in [1.29, 1.82) is 0 Å². The first kappa shape index (κ1) is 19.6. The van der Waals surface area contributed by atoms with Crippen LogP contribution in [-0.4, -0.2) is 25.4 Å². The van der Waals surface area contributed by atoms with E-state index in [4.69, 9.17) is 11.6 Å². The van der Waals surface area contributed by atoms with Gasteiger partial charge in [-0.2, -0.15) is 0 Å². The van der Waals surface area contributed by atoms with Crippen LogP contribution in [0.25, 0.3) is 0 Å². The molecule has 3 aromatic rings. The minimum absolute atomic E-state index is 0.165. The molecule has 0 aliphatic carbocycles. The number of halogens is 1. The standard InChI is InChI=1S/C23H21ClN2O2/c1-26(21-8-3-2-4-9-21)23(28)19-7-5-6-18(16-19)22(27)25-15-14-17-10-12-20(24)13-11-17/h2-13,16H,14-15H2,1H3,(H,25,27). The van der Waals surface area contributed by atoms with Crippen molar-refractivity contribution in [2.45, 2.75) is 6.42 Å². The van der Waals surface area contributed by atoms with E-state index >= 15 is 0 Å². The molecule has 2 amide bonds. The quantitative estimate of drug-likeness (QED) is 0.667. The van der Waals surface area contributed by atoms with Crippen molar-refractivity contribution < 1.29 is 9.59 Å². The van der Waals surface area contributed by atoms with Gasteiger partial charge < -0.3 is 10.2 Å². The van der Waals surface area contributed by atoms with E-state index in [1.165, 1.54) is 0 Å². The van der Waals surface area contributed by atoms with Gasteiger partial charge in [-0.05, 0) is 54.4 Å². The van der Waals surface area contributed by atoms with Gasteiger partial charge in [0.2, 0.25) is 0 Å². The molecule has 0 aliphatic heterocycles. The van der Waals surface area contributed by atoms with Crippen LogP contribution >= 0.6 is 11.6 Å². The molecule has 0 heterocycles. The predicted octanol–water partition coefficient (Wildman–Crippen LogP) is 4.59. The lowest BCUT2D eigenvalue weighted by molar-refractivity contribution is 0.0954. The maximum Gasteiger partial charge on any atom is 0.258 e. The van der Waals surface area contributed by atoms with E-state index in [1.54, 1.807) is 36.2 Å². The molecule has 0 bridgehead atoms. The molecule has 3 aromatic carbocycles. The number of hydrogen-bond acceptors (Lipinski definition) is 2. The number of carbonyl (C=O) groups excluding carboxylic acids is 2. The molecule has 0 aliphatic rings. The average molecular weight is 393 g/mol.